The normalized spacial score (nSPS) is 12.6. The lowest BCUT2D eigenvalue weighted by atomic mass is 9.96. The van der Waals surface area contributed by atoms with Crippen molar-refractivity contribution >= 4 is 38.9 Å². The average Bonchev–Trinajstić information content (AvgIpc) is 2.76. The summed E-state index contributed by atoms with van der Waals surface area (Å²) in [6, 6.07) is 12.1. The van der Waals surface area contributed by atoms with E-state index >= 15 is 0 Å². The maximum absolute atomic E-state index is 9.50. The van der Waals surface area contributed by atoms with E-state index in [0.29, 0.717) is 0 Å². The Kier molecular flexibility index (Phi) is 5.25. The third-order valence-electron chi connectivity index (χ3n) is 2.84. The minimum absolute atomic E-state index is 0.191. The molecule has 1 aromatic heterocycles. The first-order valence-corrected chi connectivity index (χ1v) is 7.76. The van der Waals surface area contributed by atoms with Gasteiger partial charge in [0.1, 0.15) is 0 Å². The molecule has 4 heteroatoms. The van der Waals surface area contributed by atoms with E-state index in [0.717, 1.165) is 21.7 Å². The third-order valence-corrected chi connectivity index (χ3v) is 4.87. The quantitative estimate of drug-likeness (QED) is 0.842. The van der Waals surface area contributed by atoms with Gasteiger partial charge in [-0.3, -0.25) is 0 Å². The Labute approximate surface area is 125 Å². The largest absolute Gasteiger partial charge is 0.396 e. The molecule has 0 aliphatic rings. The van der Waals surface area contributed by atoms with Crippen molar-refractivity contribution < 1.29 is 5.11 Å². The predicted molar refractivity (Wildman–Crippen MR) is 81.5 cm³/mol. The number of aliphatic hydroxyl groups is 1. The van der Waals surface area contributed by atoms with Crippen molar-refractivity contribution in [3.05, 3.63) is 55.6 Å². The summed E-state index contributed by atoms with van der Waals surface area (Å²) in [6.45, 7) is 0.191. The molecule has 2 rings (SSSR count). The van der Waals surface area contributed by atoms with Crippen LogP contribution in [-0.2, 0) is 12.8 Å². The van der Waals surface area contributed by atoms with Gasteiger partial charge in [-0.1, -0.05) is 45.7 Å². The van der Waals surface area contributed by atoms with E-state index in [1.54, 1.807) is 11.3 Å². The summed E-state index contributed by atoms with van der Waals surface area (Å²) >= 11 is 11.1. The molecular weight excluding hydrogens is 332 g/mol. The summed E-state index contributed by atoms with van der Waals surface area (Å²) < 4.78 is 1.91. The molecule has 0 bridgehead atoms. The number of rotatable bonds is 5. The summed E-state index contributed by atoms with van der Waals surface area (Å²) in [5, 5.41) is 9.50. The molecule has 1 unspecified atom stereocenters. The average molecular weight is 346 g/mol. The van der Waals surface area contributed by atoms with Gasteiger partial charge in [0, 0.05) is 16.0 Å². The lowest BCUT2D eigenvalue weighted by Crippen LogP contribution is -2.12. The van der Waals surface area contributed by atoms with Crippen LogP contribution < -0.4 is 0 Å². The molecule has 1 atom stereocenters. The van der Waals surface area contributed by atoms with E-state index in [9.17, 15) is 5.11 Å². The van der Waals surface area contributed by atoms with Crippen LogP contribution in [0.3, 0.4) is 0 Å². The maximum Gasteiger partial charge on any atom is 0.0931 e. The van der Waals surface area contributed by atoms with Gasteiger partial charge in [-0.05, 0) is 42.5 Å². The Bertz CT molecular complexity index is 512. The van der Waals surface area contributed by atoms with E-state index in [-0.39, 0.29) is 12.5 Å². The van der Waals surface area contributed by atoms with Gasteiger partial charge in [-0.25, -0.2) is 0 Å². The van der Waals surface area contributed by atoms with Gasteiger partial charge in [0.15, 0.2) is 0 Å². The van der Waals surface area contributed by atoms with Gasteiger partial charge in [-0.15, -0.1) is 11.3 Å². The highest BCUT2D eigenvalue weighted by atomic mass is 79.9. The number of hydrogen-bond acceptors (Lipinski definition) is 2. The van der Waals surface area contributed by atoms with Crippen LogP contribution in [0.15, 0.2) is 40.9 Å². The van der Waals surface area contributed by atoms with Crippen molar-refractivity contribution in [1.82, 2.24) is 0 Å². The van der Waals surface area contributed by atoms with Crippen LogP contribution in [0.5, 0.6) is 0 Å². The fourth-order valence-electron chi connectivity index (χ4n) is 1.92. The third kappa shape index (κ3) is 3.82. The molecule has 1 aromatic carbocycles. The summed E-state index contributed by atoms with van der Waals surface area (Å²) in [5.41, 5.74) is 1.24. The molecule has 0 saturated carbocycles. The Morgan fingerprint density at radius 3 is 2.56 bits per heavy atom. The van der Waals surface area contributed by atoms with Crippen molar-refractivity contribution in [3.63, 3.8) is 0 Å². The number of hydrogen-bond donors (Lipinski definition) is 1. The number of halogens is 2. The lowest BCUT2D eigenvalue weighted by Gasteiger charge is -2.14. The highest BCUT2D eigenvalue weighted by Gasteiger charge is 2.12. The van der Waals surface area contributed by atoms with Crippen LogP contribution in [0.2, 0.25) is 4.34 Å². The van der Waals surface area contributed by atoms with E-state index in [2.05, 4.69) is 22.0 Å². The molecule has 1 N–H and O–H groups in total. The van der Waals surface area contributed by atoms with E-state index in [1.165, 1.54) is 10.4 Å². The number of thiophene rings is 1. The molecule has 0 fully saturated rings. The Morgan fingerprint density at radius 2 is 1.94 bits per heavy atom. The van der Waals surface area contributed by atoms with Crippen LogP contribution >= 0.6 is 38.9 Å². The first-order valence-electron chi connectivity index (χ1n) is 5.77. The predicted octanol–water partition coefficient (Wildman–Crippen LogP) is 4.56. The van der Waals surface area contributed by atoms with E-state index in [4.69, 9.17) is 11.6 Å². The Hall–Kier alpha value is -0.350. The van der Waals surface area contributed by atoms with Gasteiger partial charge < -0.3 is 5.11 Å². The molecule has 96 valence electrons. The fourth-order valence-corrected chi connectivity index (χ4v) is 3.57. The molecule has 0 aliphatic heterocycles. The topological polar surface area (TPSA) is 20.2 Å². The summed E-state index contributed by atoms with van der Waals surface area (Å²) in [6.07, 6.45) is 1.74. The molecule has 1 nitrogen and oxygen atoms in total. The minimum Gasteiger partial charge on any atom is -0.396 e. The number of aliphatic hydroxyl groups excluding tert-OH is 1. The SMILES string of the molecule is OCC(Cc1ccc(Cl)s1)Cc1ccccc1Br. The lowest BCUT2D eigenvalue weighted by molar-refractivity contribution is 0.225. The van der Waals surface area contributed by atoms with Crippen LogP contribution in [0, 0.1) is 5.92 Å². The molecule has 0 saturated heterocycles. The molecule has 18 heavy (non-hydrogen) atoms. The van der Waals surface area contributed by atoms with Crippen LogP contribution in [0.4, 0.5) is 0 Å². The number of benzene rings is 1. The van der Waals surface area contributed by atoms with Crippen molar-refractivity contribution in [1.29, 1.82) is 0 Å². The zero-order chi connectivity index (χ0) is 13.0. The molecule has 0 aliphatic carbocycles. The minimum atomic E-state index is 0.191. The summed E-state index contributed by atoms with van der Waals surface area (Å²) in [4.78, 5) is 1.23. The molecule has 1 heterocycles. The summed E-state index contributed by atoms with van der Waals surface area (Å²) in [7, 11) is 0. The van der Waals surface area contributed by atoms with Gasteiger partial charge >= 0.3 is 0 Å². The standard InChI is InChI=1S/C14H14BrClOS/c15-13-4-2-1-3-11(13)7-10(9-17)8-12-5-6-14(16)18-12/h1-6,10,17H,7-9H2. The van der Waals surface area contributed by atoms with Crippen molar-refractivity contribution in [2.45, 2.75) is 12.8 Å². The second kappa shape index (κ2) is 6.71. The van der Waals surface area contributed by atoms with Gasteiger partial charge in [0.05, 0.1) is 4.34 Å². The van der Waals surface area contributed by atoms with E-state index in [1.807, 2.05) is 30.3 Å². The second-order valence-electron chi connectivity index (χ2n) is 4.25. The Morgan fingerprint density at radius 1 is 1.17 bits per heavy atom. The smallest absolute Gasteiger partial charge is 0.0931 e. The monoisotopic (exact) mass is 344 g/mol. The maximum atomic E-state index is 9.50. The molecule has 0 radical (unpaired) electrons. The molecule has 0 spiro atoms. The van der Waals surface area contributed by atoms with Gasteiger partial charge in [0.2, 0.25) is 0 Å². The second-order valence-corrected chi connectivity index (χ2v) is 6.91. The van der Waals surface area contributed by atoms with Crippen LogP contribution in [0.1, 0.15) is 10.4 Å². The molecule has 0 amide bonds. The van der Waals surface area contributed by atoms with Crippen molar-refractivity contribution in [2.75, 3.05) is 6.61 Å². The van der Waals surface area contributed by atoms with Gasteiger partial charge in [0.25, 0.3) is 0 Å². The first-order chi connectivity index (χ1) is 8.69. The highest BCUT2D eigenvalue weighted by Crippen LogP contribution is 2.26. The van der Waals surface area contributed by atoms with Crippen molar-refractivity contribution in [2.24, 2.45) is 5.92 Å². The van der Waals surface area contributed by atoms with Crippen LogP contribution in [0.25, 0.3) is 0 Å². The molecular formula is C14H14BrClOS. The fraction of sp³-hybridized carbons (Fsp3) is 0.286. The van der Waals surface area contributed by atoms with Gasteiger partial charge in [-0.2, -0.15) is 0 Å². The molecule has 2 aromatic rings. The van der Waals surface area contributed by atoms with Crippen molar-refractivity contribution in [3.8, 4) is 0 Å². The summed E-state index contributed by atoms with van der Waals surface area (Å²) in [5.74, 6) is 0.235. The Balaban J connectivity index is 2.04. The first kappa shape index (κ1) is 14.1. The zero-order valence-corrected chi connectivity index (χ0v) is 12.9. The highest BCUT2D eigenvalue weighted by molar-refractivity contribution is 9.10. The van der Waals surface area contributed by atoms with Crippen LogP contribution in [-0.4, -0.2) is 11.7 Å². The zero-order valence-electron chi connectivity index (χ0n) is 9.77. The van der Waals surface area contributed by atoms with E-state index < -0.39 is 0 Å².